The van der Waals surface area contributed by atoms with Crippen LogP contribution in [0.25, 0.3) is 53.2 Å². The topological polar surface area (TPSA) is 6.48 Å². The van der Waals surface area contributed by atoms with Crippen molar-refractivity contribution in [2.45, 2.75) is 0 Å². The number of rotatable bonds is 8. The number of fused-ring (bicyclic) bond motifs is 5. The van der Waals surface area contributed by atoms with E-state index in [9.17, 15) is 0 Å². The molecule has 1 aromatic heterocycles. The minimum Gasteiger partial charge on any atom is -0.308 e. The number of benzene rings is 9. The molecule has 0 radical (unpaired) electrons. The third kappa shape index (κ3) is 5.92. The summed E-state index contributed by atoms with van der Waals surface area (Å²) < 4.78 is 2.52. The second-order valence-corrected chi connectivity index (χ2v) is 14.8. The minimum absolute atomic E-state index is 1.09. The molecule has 10 aromatic rings. The van der Waals surface area contributed by atoms with Crippen LogP contribution in [0.15, 0.2) is 218 Å². The number of para-hydroxylation sites is 3. The summed E-state index contributed by atoms with van der Waals surface area (Å²) in [4.78, 5) is 4.95. The summed E-state index contributed by atoms with van der Waals surface area (Å²) in [6.07, 6.45) is 0. The zero-order valence-corrected chi connectivity index (χ0v) is 30.9. The highest BCUT2D eigenvalue weighted by molar-refractivity contribution is 7.26. The SMILES string of the molecule is c1ccc(-c2cccc(N(c3ccccc3)c3ccc4sc5ccc6ccccc6c5c4c3N(c3ccccc3)c3ccccc3-c3ccccc3)c2)cc1. The molecule has 0 unspecified atom stereocenters. The Morgan fingerprint density at radius 2 is 0.873 bits per heavy atom. The monoisotopic (exact) mass is 720 g/mol. The summed E-state index contributed by atoms with van der Waals surface area (Å²) in [5.41, 5.74) is 11.3. The summed E-state index contributed by atoms with van der Waals surface area (Å²) in [5, 5.41) is 5.00. The van der Waals surface area contributed by atoms with Crippen LogP contribution in [0.4, 0.5) is 34.1 Å². The molecule has 3 heteroatoms. The summed E-state index contributed by atoms with van der Waals surface area (Å²) in [7, 11) is 0. The molecule has 1 heterocycles. The van der Waals surface area contributed by atoms with Gasteiger partial charge >= 0.3 is 0 Å². The molecule has 0 atom stereocenters. The zero-order chi connectivity index (χ0) is 36.6. The Balaban J connectivity index is 1.37. The maximum Gasteiger partial charge on any atom is 0.0796 e. The minimum atomic E-state index is 1.09. The maximum atomic E-state index is 2.50. The fourth-order valence-corrected chi connectivity index (χ4v) is 9.09. The molecule has 2 nitrogen and oxygen atoms in total. The van der Waals surface area contributed by atoms with Gasteiger partial charge < -0.3 is 9.80 Å². The van der Waals surface area contributed by atoms with Crippen molar-refractivity contribution in [2.75, 3.05) is 9.80 Å². The van der Waals surface area contributed by atoms with E-state index in [1.807, 2.05) is 11.3 Å². The lowest BCUT2D eigenvalue weighted by molar-refractivity contribution is 1.24. The number of hydrogen-bond acceptors (Lipinski definition) is 3. The van der Waals surface area contributed by atoms with Gasteiger partial charge in [-0.1, -0.05) is 158 Å². The van der Waals surface area contributed by atoms with Crippen LogP contribution >= 0.6 is 11.3 Å². The van der Waals surface area contributed by atoms with Crippen LogP contribution < -0.4 is 9.80 Å². The summed E-state index contributed by atoms with van der Waals surface area (Å²) in [6.45, 7) is 0. The average molecular weight is 721 g/mol. The molecule has 0 saturated carbocycles. The molecule has 0 bridgehead atoms. The maximum absolute atomic E-state index is 2.50. The van der Waals surface area contributed by atoms with Crippen molar-refractivity contribution in [1.29, 1.82) is 0 Å². The highest BCUT2D eigenvalue weighted by atomic mass is 32.1. The summed E-state index contributed by atoms with van der Waals surface area (Å²) >= 11 is 1.87. The molecule has 0 N–H and O–H groups in total. The van der Waals surface area contributed by atoms with Crippen molar-refractivity contribution < 1.29 is 0 Å². The number of anilines is 6. The lowest BCUT2D eigenvalue weighted by Crippen LogP contribution is -2.18. The lowest BCUT2D eigenvalue weighted by Gasteiger charge is -2.35. The van der Waals surface area contributed by atoms with Gasteiger partial charge in [0.2, 0.25) is 0 Å². The van der Waals surface area contributed by atoms with E-state index in [-0.39, 0.29) is 0 Å². The second-order valence-electron chi connectivity index (χ2n) is 13.7. The van der Waals surface area contributed by atoms with Gasteiger partial charge in [0, 0.05) is 42.8 Å². The van der Waals surface area contributed by atoms with Gasteiger partial charge in [-0.25, -0.2) is 0 Å². The van der Waals surface area contributed by atoms with E-state index in [2.05, 4.69) is 228 Å². The van der Waals surface area contributed by atoms with E-state index in [1.54, 1.807) is 0 Å². The number of hydrogen-bond donors (Lipinski definition) is 0. The summed E-state index contributed by atoms with van der Waals surface area (Å²) in [6, 6.07) is 78.9. The normalized spacial score (nSPS) is 11.3. The predicted molar refractivity (Wildman–Crippen MR) is 237 cm³/mol. The van der Waals surface area contributed by atoms with Crippen molar-refractivity contribution in [3.63, 3.8) is 0 Å². The Kier molecular flexibility index (Phi) is 8.40. The van der Waals surface area contributed by atoms with Crippen LogP contribution in [0.3, 0.4) is 0 Å². The molecule has 0 saturated heterocycles. The van der Waals surface area contributed by atoms with E-state index in [1.165, 1.54) is 47.6 Å². The van der Waals surface area contributed by atoms with E-state index in [0.29, 0.717) is 0 Å². The Labute approximate surface area is 325 Å². The molecule has 55 heavy (non-hydrogen) atoms. The molecule has 9 aromatic carbocycles. The van der Waals surface area contributed by atoms with Gasteiger partial charge in [-0.15, -0.1) is 11.3 Å². The van der Waals surface area contributed by atoms with E-state index in [0.717, 1.165) is 39.7 Å². The van der Waals surface area contributed by atoms with E-state index in [4.69, 9.17) is 0 Å². The zero-order valence-electron chi connectivity index (χ0n) is 30.1. The van der Waals surface area contributed by atoms with Crippen LogP contribution in [0.1, 0.15) is 0 Å². The molecular weight excluding hydrogens is 685 g/mol. The molecular formula is C52H36N2S. The van der Waals surface area contributed by atoms with Gasteiger partial charge in [0.05, 0.1) is 17.1 Å². The van der Waals surface area contributed by atoms with Crippen LogP contribution in [-0.2, 0) is 0 Å². The van der Waals surface area contributed by atoms with Gasteiger partial charge in [-0.3, -0.25) is 0 Å². The molecule has 0 spiro atoms. The molecule has 0 fully saturated rings. The molecule has 0 aliphatic rings. The molecule has 10 rings (SSSR count). The smallest absolute Gasteiger partial charge is 0.0796 e. The summed E-state index contributed by atoms with van der Waals surface area (Å²) in [5.74, 6) is 0. The highest BCUT2D eigenvalue weighted by Gasteiger charge is 2.28. The van der Waals surface area contributed by atoms with Gasteiger partial charge in [-0.05, 0) is 88.1 Å². The molecule has 260 valence electrons. The fraction of sp³-hybridized carbons (Fsp3) is 0. The van der Waals surface area contributed by atoms with Crippen molar-refractivity contribution >= 4 is 76.4 Å². The Hall–Kier alpha value is -6.94. The Morgan fingerprint density at radius 1 is 0.327 bits per heavy atom. The van der Waals surface area contributed by atoms with Crippen molar-refractivity contribution in [3.8, 4) is 22.3 Å². The van der Waals surface area contributed by atoms with Crippen LogP contribution in [-0.4, -0.2) is 0 Å². The first kappa shape index (κ1) is 32.7. The number of thiophene rings is 1. The van der Waals surface area contributed by atoms with E-state index >= 15 is 0 Å². The van der Waals surface area contributed by atoms with Crippen LogP contribution in [0.5, 0.6) is 0 Å². The van der Waals surface area contributed by atoms with Gasteiger partial charge in [0.25, 0.3) is 0 Å². The largest absolute Gasteiger partial charge is 0.308 e. The van der Waals surface area contributed by atoms with E-state index < -0.39 is 0 Å². The van der Waals surface area contributed by atoms with Gasteiger partial charge in [0.15, 0.2) is 0 Å². The molecule has 0 aliphatic heterocycles. The quantitative estimate of drug-likeness (QED) is 0.154. The Morgan fingerprint density at radius 3 is 1.62 bits per heavy atom. The first-order valence-electron chi connectivity index (χ1n) is 18.7. The third-order valence-electron chi connectivity index (χ3n) is 10.4. The fourth-order valence-electron chi connectivity index (χ4n) is 7.96. The van der Waals surface area contributed by atoms with Gasteiger partial charge in [-0.2, -0.15) is 0 Å². The third-order valence-corrected chi connectivity index (χ3v) is 11.5. The van der Waals surface area contributed by atoms with Crippen LogP contribution in [0.2, 0.25) is 0 Å². The number of nitrogens with zero attached hydrogens (tertiary/aromatic N) is 2. The predicted octanol–water partition coefficient (Wildman–Crippen LogP) is 15.5. The standard InChI is InChI=1S/C52H36N2S/c1-5-18-37(19-6-1)40-23-17-28-43(36-40)53(41-24-9-3-10-25-41)47-33-35-49-51(50-45-30-14-13-22-39(45)32-34-48(50)55-49)52(47)54(42-26-11-4-12-27-42)46-31-16-15-29-44(46)38-20-7-2-8-21-38/h1-36H. The van der Waals surface area contributed by atoms with Crippen molar-refractivity contribution in [1.82, 2.24) is 0 Å². The average Bonchev–Trinajstić information content (AvgIpc) is 3.66. The first-order valence-corrected chi connectivity index (χ1v) is 19.5. The molecule has 0 aliphatic carbocycles. The van der Waals surface area contributed by atoms with Crippen molar-refractivity contribution in [2.24, 2.45) is 0 Å². The first-order chi connectivity index (χ1) is 27.3. The van der Waals surface area contributed by atoms with Crippen molar-refractivity contribution in [3.05, 3.63) is 218 Å². The Bertz CT molecular complexity index is 2920. The van der Waals surface area contributed by atoms with Gasteiger partial charge in [0.1, 0.15) is 0 Å². The molecule has 0 amide bonds. The lowest BCUT2D eigenvalue weighted by atomic mass is 9.98. The van der Waals surface area contributed by atoms with Crippen LogP contribution in [0, 0.1) is 0 Å². The second kappa shape index (κ2) is 14.1. The highest BCUT2D eigenvalue weighted by Crippen LogP contribution is 2.54.